The lowest BCUT2D eigenvalue weighted by Gasteiger charge is -2.04. The number of aryl methyl sites for hydroxylation is 1. The first-order valence-electron chi connectivity index (χ1n) is 6.16. The summed E-state index contributed by atoms with van der Waals surface area (Å²) in [6.45, 7) is 8.01. The highest BCUT2D eigenvalue weighted by Crippen LogP contribution is 2.14. The maximum atomic E-state index is 5.52. The second kappa shape index (κ2) is 8.74. The van der Waals surface area contributed by atoms with E-state index in [1.165, 1.54) is 29.0 Å². The van der Waals surface area contributed by atoms with Gasteiger partial charge in [-0.15, -0.1) is 11.3 Å². The Balaban J connectivity index is 1.88. The zero-order valence-corrected chi connectivity index (χ0v) is 11.2. The van der Waals surface area contributed by atoms with Gasteiger partial charge in [-0.1, -0.05) is 19.8 Å². The average Bonchev–Trinajstić information content (AvgIpc) is 2.68. The molecule has 0 fully saturated rings. The maximum Gasteiger partial charge on any atom is 0.0591 e. The van der Waals surface area contributed by atoms with Crippen molar-refractivity contribution in [3.8, 4) is 0 Å². The van der Waals surface area contributed by atoms with Crippen LogP contribution in [-0.2, 0) is 11.3 Å². The van der Waals surface area contributed by atoms with Crippen LogP contribution in [0.3, 0.4) is 0 Å². The van der Waals surface area contributed by atoms with Crippen molar-refractivity contribution in [3.05, 3.63) is 21.9 Å². The van der Waals surface area contributed by atoms with Crippen molar-refractivity contribution in [1.82, 2.24) is 5.32 Å². The number of hydrogen-bond donors (Lipinski definition) is 1. The second-order valence-electron chi connectivity index (χ2n) is 4.01. The topological polar surface area (TPSA) is 21.3 Å². The van der Waals surface area contributed by atoms with Crippen LogP contribution in [0.1, 0.15) is 35.9 Å². The molecule has 0 aliphatic rings. The van der Waals surface area contributed by atoms with E-state index in [-0.39, 0.29) is 0 Å². The van der Waals surface area contributed by atoms with Crippen molar-refractivity contribution in [2.24, 2.45) is 0 Å². The Labute approximate surface area is 103 Å². The lowest BCUT2D eigenvalue weighted by Crippen LogP contribution is -2.18. The van der Waals surface area contributed by atoms with Crippen LogP contribution < -0.4 is 5.32 Å². The highest BCUT2D eigenvalue weighted by molar-refractivity contribution is 7.11. The molecule has 0 saturated heterocycles. The number of ether oxygens (including phenoxy) is 1. The summed E-state index contributed by atoms with van der Waals surface area (Å²) in [6.07, 6.45) is 3.74. The molecule has 3 heteroatoms. The molecule has 0 spiro atoms. The fourth-order valence-electron chi connectivity index (χ4n) is 1.49. The van der Waals surface area contributed by atoms with Gasteiger partial charge in [0, 0.05) is 29.5 Å². The van der Waals surface area contributed by atoms with E-state index in [0.717, 1.165) is 26.3 Å². The van der Waals surface area contributed by atoms with Gasteiger partial charge in [0.2, 0.25) is 0 Å². The van der Waals surface area contributed by atoms with Crippen molar-refractivity contribution >= 4 is 11.3 Å². The van der Waals surface area contributed by atoms with Crippen molar-refractivity contribution in [2.75, 3.05) is 19.8 Å². The van der Waals surface area contributed by atoms with Gasteiger partial charge in [-0.05, 0) is 25.5 Å². The first-order valence-corrected chi connectivity index (χ1v) is 6.98. The Kier molecular flexibility index (Phi) is 7.47. The molecular weight excluding hydrogens is 218 g/mol. The summed E-state index contributed by atoms with van der Waals surface area (Å²) in [5.74, 6) is 0. The minimum absolute atomic E-state index is 0.827. The van der Waals surface area contributed by atoms with E-state index >= 15 is 0 Å². The van der Waals surface area contributed by atoms with Gasteiger partial charge in [0.05, 0.1) is 6.61 Å². The molecule has 1 aromatic heterocycles. The lowest BCUT2D eigenvalue weighted by atomic mass is 10.3. The van der Waals surface area contributed by atoms with Crippen LogP contribution in [0.5, 0.6) is 0 Å². The summed E-state index contributed by atoms with van der Waals surface area (Å²) in [4.78, 5) is 2.79. The van der Waals surface area contributed by atoms with Crippen molar-refractivity contribution < 1.29 is 4.74 Å². The normalized spacial score (nSPS) is 10.9. The van der Waals surface area contributed by atoms with Gasteiger partial charge in [-0.2, -0.15) is 0 Å². The second-order valence-corrected chi connectivity index (χ2v) is 5.38. The molecule has 0 atom stereocenters. The zero-order valence-electron chi connectivity index (χ0n) is 10.4. The summed E-state index contributed by atoms with van der Waals surface area (Å²) >= 11 is 1.86. The van der Waals surface area contributed by atoms with Gasteiger partial charge < -0.3 is 10.1 Å². The molecule has 0 unspecified atom stereocenters. The summed E-state index contributed by atoms with van der Waals surface area (Å²) < 4.78 is 5.52. The minimum atomic E-state index is 0.827. The number of hydrogen-bond acceptors (Lipinski definition) is 3. The molecule has 2 nitrogen and oxygen atoms in total. The quantitative estimate of drug-likeness (QED) is 0.669. The average molecular weight is 241 g/mol. The molecule has 0 aliphatic carbocycles. The van der Waals surface area contributed by atoms with E-state index in [1.54, 1.807) is 0 Å². The highest BCUT2D eigenvalue weighted by Gasteiger charge is 1.95. The van der Waals surface area contributed by atoms with Crippen LogP contribution in [-0.4, -0.2) is 19.8 Å². The van der Waals surface area contributed by atoms with Gasteiger partial charge in [-0.25, -0.2) is 0 Å². The Hall–Kier alpha value is -0.380. The van der Waals surface area contributed by atoms with E-state index in [2.05, 4.69) is 31.3 Å². The molecule has 0 bridgehead atoms. The zero-order chi connectivity index (χ0) is 11.6. The molecule has 1 rings (SSSR count). The standard InChI is InChI=1S/C13H23NOS/c1-3-4-5-9-15-10-8-14-11-13-7-6-12(2)16-13/h6-7,14H,3-5,8-11H2,1-2H3. The first-order chi connectivity index (χ1) is 7.83. The largest absolute Gasteiger partial charge is 0.380 e. The third-order valence-electron chi connectivity index (χ3n) is 2.41. The van der Waals surface area contributed by atoms with Crippen LogP contribution in [0.2, 0.25) is 0 Å². The van der Waals surface area contributed by atoms with Gasteiger partial charge >= 0.3 is 0 Å². The Morgan fingerprint density at radius 3 is 2.81 bits per heavy atom. The molecule has 1 N–H and O–H groups in total. The fraction of sp³-hybridized carbons (Fsp3) is 0.692. The lowest BCUT2D eigenvalue weighted by molar-refractivity contribution is 0.132. The van der Waals surface area contributed by atoms with Gasteiger partial charge in [-0.3, -0.25) is 0 Å². The molecule has 92 valence electrons. The smallest absolute Gasteiger partial charge is 0.0591 e. The molecule has 0 amide bonds. The molecule has 1 heterocycles. The Bertz CT molecular complexity index is 273. The molecule has 1 aromatic rings. The number of rotatable bonds is 9. The third-order valence-corrected chi connectivity index (χ3v) is 3.41. The van der Waals surface area contributed by atoms with E-state index in [9.17, 15) is 0 Å². The summed E-state index contributed by atoms with van der Waals surface area (Å²) in [6, 6.07) is 4.36. The SMILES string of the molecule is CCCCCOCCNCc1ccc(C)s1. The highest BCUT2D eigenvalue weighted by atomic mass is 32.1. The number of thiophene rings is 1. The monoisotopic (exact) mass is 241 g/mol. The minimum Gasteiger partial charge on any atom is -0.380 e. The van der Waals surface area contributed by atoms with Crippen molar-refractivity contribution in [2.45, 2.75) is 39.7 Å². The van der Waals surface area contributed by atoms with E-state index in [0.29, 0.717) is 0 Å². The molecule has 16 heavy (non-hydrogen) atoms. The van der Waals surface area contributed by atoms with Gasteiger partial charge in [0.15, 0.2) is 0 Å². The molecule has 0 saturated carbocycles. The van der Waals surface area contributed by atoms with Crippen LogP contribution in [0.4, 0.5) is 0 Å². The third kappa shape index (κ3) is 6.26. The van der Waals surface area contributed by atoms with E-state index in [1.807, 2.05) is 11.3 Å². The molecule has 0 aromatic carbocycles. The summed E-state index contributed by atoms with van der Waals surface area (Å²) in [5, 5.41) is 3.39. The summed E-state index contributed by atoms with van der Waals surface area (Å²) in [7, 11) is 0. The molecular formula is C13H23NOS. The number of nitrogens with one attached hydrogen (secondary N) is 1. The van der Waals surface area contributed by atoms with Gasteiger partial charge in [0.25, 0.3) is 0 Å². The van der Waals surface area contributed by atoms with Crippen molar-refractivity contribution in [1.29, 1.82) is 0 Å². The van der Waals surface area contributed by atoms with E-state index in [4.69, 9.17) is 4.74 Å². The summed E-state index contributed by atoms with van der Waals surface area (Å²) in [5.41, 5.74) is 0. The Morgan fingerprint density at radius 2 is 2.12 bits per heavy atom. The van der Waals surface area contributed by atoms with Crippen molar-refractivity contribution in [3.63, 3.8) is 0 Å². The van der Waals surface area contributed by atoms with Crippen LogP contribution in [0, 0.1) is 6.92 Å². The maximum absolute atomic E-state index is 5.52. The molecule has 0 radical (unpaired) electrons. The number of unbranched alkanes of at least 4 members (excludes halogenated alkanes) is 2. The van der Waals surface area contributed by atoms with Crippen LogP contribution in [0.15, 0.2) is 12.1 Å². The predicted molar refractivity (Wildman–Crippen MR) is 71.1 cm³/mol. The Morgan fingerprint density at radius 1 is 1.25 bits per heavy atom. The van der Waals surface area contributed by atoms with E-state index < -0.39 is 0 Å². The fourth-order valence-corrected chi connectivity index (χ4v) is 2.35. The molecule has 0 aliphatic heterocycles. The predicted octanol–water partition coefficient (Wildman–Crippen LogP) is 3.35. The first kappa shape index (κ1) is 13.7. The van der Waals surface area contributed by atoms with Crippen LogP contribution >= 0.6 is 11.3 Å². The van der Waals surface area contributed by atoms with Crippen LogP contribution in [0.25, 0.3) is 0 Å². The van der Waals surface area contributed by atoms with Gasteiger partial charge in [0.1, 0.15) is 0 Å².